The highest BCUT2D eigenvalue weighted by Crippen LogP contribution is 2.39. The first-order valence-corrected chi connectivity index (χ1v) is 8.68. The van der Waals surface area contributed by atoms with Gasteiger partial charge < -0.3 is 5.73 Å². The number of benzene rings is 2. The lowest BCUT2D eigenvalue weighted by molar-refractivity contribution is -0.122. The van der Waals surface area contributed by atoms with Gasteiger partial charge >= 0.3 is 0 Å². The van der Waals surface area contributed by atoms with Gasteiger partial charge in [0, 0.05) is 11.1 Å². The van der Waals surface area contributed by atoms with Crippen LogP contribution in [0.1, 0.15) is 34.3 Å². The first kappa shape index (κ1) is 17.0. The van der Waals surface area contributed by atoms with E-state index in [0.717, 1.165) is 17.4 Å². The zero-order valence-corrected chi connectivity index (χ0v) is 14.5. The minimum Gasteiger partial charge on any atom is -0.369 e. The molecule has 5 nitrogen and oxygen atoms in total. The van der Waals surface area contributed by atoms with Crippen molar-refractivity contribution in [1.82, 2.24) is 10.2 Å². The summed E-state index contributed by atoms with van der Waals surface area (Å²) in [4.78, 5) is 23.2. The van der Waals surface area contributed by atoms with Crippen LogP contribution in [0.15, 0.2) is 54.6 Å². The van der Waals surface area contributed by atoms with Gasteiger partial charge in [-0.05, 0) is 12.0 Å². The first-order valence-electron chi connectivity index (χ1n) is 7.87. The number of hydrogen-bond acceptors (Lipinski definition) is 5. The predicted octanol–water partition coefficient (Wildman–Crippen LogP) is 3.20. The Labute approximate surface area is 149 Å². The highest BCUT2D eigenvalue weighted by Gasteiger charge is 2.42. The molecule has 25 heavy (non-hydrogen) atoms. The van der Waals surface area contributed by atoms with Gasteiger partial charge in [0.25, 0.3) is 0 Å². The zero-order valence-electron chi connectivity index (χ0n) is 13.7. The Hall–Kier alpha value is -2.86. The Morgan fingerprint density at radius 3 is 2.36 bits per heavy atom. The molecule has 0 radical (unpaired) electrons. The van der Waals surface area contributed by atoms with Gasteiger partial charge in [0.15, 0.2) is 0 Å². The number of amides is 1. The number of rotatable bonds is 6. The minimum absolute atomic E-state index is 0.444. The van der Waals surface area contributed by atoms with Crippen LogP contribution in [0.2, 0.25) is 0 Å². The fourth-order valence-electron chi connectivity index (χ4n) is 2.84. The molecule has 0 bridgehead atoms. The van der Waals surface area contributed by atoms with Crippen molar-refractivity contribution in [2.24, 2.45) is 5.73 Å². The van der Waals surface area contributed by atoms with E-state index in [4.69, 9.17) is 5.73 Å². The maximum Gasteiger partial charge on any atom is 0.235 e. The Bertz CT molecular complexity index is 891. The lowest BCUT2D eigenvalue weighted by Gasteiger charge is -2.27. The molecule has 0 fully saturated rings. The van der Waals surface area contributed by atoms with Gasteiger partial charge in [0.2, 0.25) is 5.91 Å². The molecule has 0 aliphatic carbocycles. The average molecular weight is 351 g/mol. The molecule has 0 aliphatic heterocycles. The molecule has 0 aliphatic rings. The standard InChI is InChI=1S/C19H17N3O2S/c1-2-19(17(20)24,15-6-4-3-5-7-15)18-22-21-16(25-18)14-10-8-13(12-23)9-11-14/h3-12H,2H2,1H3,(H2,20,24). The summed E-state index contributed by atoms with van der Waals surface area (Å²) in [6.07, 6.45) is 1.28. The molecular formula is C19H17N3O2S. The smallest absolute Gasteiger partial charge is 0.235 e. The summed E-state index contributed by atoms with van der Waals surface area (Å²) in [5, 5.41) is 9.77. The molecule has 1 heterocycles. The summed E-state index contributed by atoms with van der Waals surface area (Å²) in [7, 11) is 0. The third-order valence-electron chi connectivity index (χ3n) is 4.30. The normalized spacial score (nSPS) is 13.2. The maximum absolute atomic E-state index is 12.4. The molecule has 3 aromatic rings. The van der Waals surface area contributed by atoms with Crippen molar-refractivity contribution in [1.29, 1.82) is 0 Å². The van der Waals surface area contributed by atoms with Crippen LogP contribution in [0.3, 0.4) is 0 Å². The fraction of sp³-hybridized carbons (Fsp3) is 0.158. The van der Waals surface area contributed by atoms with Crippen molar-refractivity contribution in [3.63, 3.8) is 0 Å². The molecule has 3 rings (SSSR count). The number of aromatic nitrogens is 2. The molecule has 2 N–H and O–H groups in total. The number of hydrogen-bond donors (Lipinski definition) is 1. The lowest BCUT2D eigenvalue weighted by Crippen LogP contribution is -2.41. The fourth-order valence-corrected chi connectivity index (χ4v) is 3.98. The van der Waals surface area contributed by atoms with Crippen LogP contribution in [0.5, 0.6) is 0 Å². The molecular weight excluding hydrogens is 334 g/mol. The van der Waals surface area contributed by atoms with E-state index in [1.54, 1.807) is 12.1 Å². The summed E-state index contributed by atoms with van der Waals surface area (Å²) in [5.41, 5.74) is 7.04. The van der Waals surface area contributed by atoms with Gasteiger partial charge in [-0.15, -0.1) is 10.2 Å². The van der Waals surface area contributed by atoms with E-state index >= 15 is 0 Å². The van der Waals surface area contributed by atoms with Crippen LogP contribution in [-0.2, 0) is 10.2 Å². The molecule has 6 heteroatoms. The Kier molecular flexibility index (Phi) is 4.72. The second-order valence-electron chi connectivity index (χ2n) is 5.64. The monoisotopic (exact) mass is 351 g/mol. The minimum atomic E-state index is -1.00. The van der Waals surface area contributed by atoms with E-state index < -0.39 is 11.3 Å². The predicted molar refractivity (Wildman–Crippen MR) is 97.4 cm³/mol. The number of primary amides is 1. The van der Waals surface area contributed by atoms with E-state index in [0.29, 0.717) is 22.0 Å². The van der Waals surface area contributed by atoms with E-state index in [2.05, 4.69) is 10.2 Å². The largest absolute Gasteiger partial charge is 0.369 e. The van der Waals surface area contributed by atoms with E-state index in [9.17, 15) is 9.59 Å². The number of nitrogens with two attached hydrogens (primary N) is 1. The van der Waals surface area contributed by atoms with Gasteiger partial charge in [-0.25, -0.2) is 0 Å². The highest BCUT2D eigenvalue weighted by molar-refractivity contribution is 7.15. The summed E-state index contributed by atoms with van der Waals surface area (Å²) in [6, 6.07) is 16.5. The molecule has 1 unspecified atom stereocenters. The van der Waals surface area contributed by atoms with Crippen molar-refractivity contribution in [3.05, 3.63) is 70.7 Å². The zero-order chi connectivity index (χ0) is 17.9. The van der Waals surface area contributed by atoms with Gasteiger partial charge in [0.1, 0.15) is 21.7 Å². The Morgan fingerprint density at radius 1 is 1.12 bits per heavy atom. The van der Waals surface area contributed by atoms with Crippen LogP contribution in [-0.4, -0.2) is 22.4 Å². The number of aldehydes is 1. The molecule has 0 saturated heterocycles. The van der Waals surface area contributed by atoms with Crippen molar-refractivity contribution < 1.29 is 9.59 Å². The summed E-state index contributed by atoms with van der Waals surface area (Å²) in [6.45, 7) is 1.91. The SMILES string of the molecule is CCC(C(N)=O)(c1ccccc1)c1nnc(-c2ccc(C=O)cc2)s1. The second-order valence-corrected chi connectivity index (χ2v) is 6.62. The molecule has 1 atom stereocenters. The molecule has 126 valence electrons. The quantitative estimate of drug-likeness (QED) is 0.691. The van der Waals surface area contributed by atoms with Crippen LogP contribution in [0.4, 0.5) is 0 Å². The average Bonchev–Trinajstić information content (AvgIpc) is 3.14. The van der Waals surface area contributed by atoms with Crippen molar-refractivity contribution >= 4 is 23.5 Å². The third kappa shape index (κ3) is 2.96. The third-order valence-corrected chi connectivity index (χ3v) is 5.44. The van der Waals surface area contributed by atoms with Crippen LogP contribution >= 0.6 is 11.3 Å². The van der Waals surface area contributed by atoms with Crippen molar-refractivity contribution in [3.8, 4) is 10.6 Å². The van der Waals surface area contributed by atoms with Crippen LogP contribution < -0.4 is 5.73 Å². The highest BCUT2D eigenvalue weighted by atomic mass is 32.1. The Balaban J connectivity index is 2.08. The van der Waals surface area contributed by atoms with E-state index in [1.807, 2.05) is 49.4 Å². The first-order chi connectivity index (χ1) is 12.1. The number of nitrogens with zero attached hydrogens (tertiary/aromatic N) is 2. The lowest BCUT2D eigenvalue weighted by atomic mass is 9.78. The van der Waals surface area contributed by atoms with Crippen LogP contribution in [0, 0.1) is 0 Å². The molecule has 1 amide bonds. The molecule has 0 saturated carbocycles. The maximum atomic E-state index is 12.4. The van der Waals surface area contributed by atoms with Gasteiger partial charge in [0.05, 0.1) is 0 Å². The number of carbonyl (C=O) groups excluding carboxylic acids is 2. The number of carbonyl (C=O) groups is 2. The van der Waals surface area contributed by atoms with Gasteiger partial charge in [-0.3, -0.25) is 9.59 Å². The van der Waals surface area contributed by atoms with Crippen molar-refractivity contribution in [2.75, 3.05) is 0 Å². The molecule has 0 spiro atoms. The summed E-state index contributed by atoms with van der Waals surface area (Å²) < 4.78 is 0. The Morgan fingerprint density at radius 2 is 1.80 bits per heavy atom. The van der Waals surface area contributed by atoms with Crippen LogP contribution in [0.25, 0.3) is 10.6 Å². The summed E-state index contributed by atoms with van der Waals surface area (Å²) >= 11 is 1.34. The van der Waals surface area contributed by atoms with Crippen molar-refractivity contribution in [2.45, 2.75) is 18.8 Å². The van der Waals surface area contributed by atoms with Gasteiger partial charge in [-0.2, -0.15) is 0 Å². The topological polar surface area (TPSA) is 85.9 Å². The molecule has 1 aromatic heterocycles. The van der Waals surface area contributed by atoms with Gasteiger partial charge in [-0.1, -0.05) is 72.9 Å². The molecule has 2 aromatic carbocycles. The second kappa shape index (κ2) is 6.94. The van der Waals surface area contributed by atoms with E-state index in [1.165, 1.54) is 11.3 Å². The summed E-state index contributed by atoms with van der Waals surface area (Å²) in [5.74, 6) is -0.444. The van der Waals surface area contributed by atoms with E-state index in [-0.39, 0.29) is 0 Å².